The Bertz CT molecular complexity index is 779. The summed E-state index contributed by atoms with van der Waals surface area (Å²) in [6.45, 7) is 11.9. The summed E-state index contributed by atoms with van der Waals surface area (Å²) in [6.07, 6.45) is 0.368. The van der Waals surface area contributed by atoms with Crippen LogP contribution in [0.5, 0.6) is 0 Å². The topological polar surface area (TPSA) is 102 Å². The maximum absolute atomic E-state index is 13.2. The first-order valence-corrected chi connectivity index (χ1v) is 10.6. The number of carbonyl (C=O) groups is 4. The van der Waals surface area contributed by atoms with Crippen LogP contribution in [0.4, 0.5) is 0 Å². The zero-order valence-corrected chi connectivity index (χ0v) is 19.7. The fraction of sp³-hybridized carbons (Fsp3) is 0.583. The molecule has 1 atom stereocenters. The van der Waals surface area contributed by atoms with E-state index >= 15 is 0 Å². The van der Waals surface area contributed by atoms with E-state index in [-0.39, 0.29) is 25.0 Å². The molecular formula is C24H36N2O5. The number of hydrogen-bond acceptors (Lipinski definition) is 5. The first-order chi connectivity index (χ1) is 14.2. The average Bonchev–Trinajstić information content (AvgIpc) is 2.68. The third kappa shape index (κ3) is 8.52. The summed E-state index contributed by atoms with van der Waals surface area (Å²) >= 11 is 0. The van der Waals surface area contributed by atoms with Crippen LogP contribution in [-0.4, -0.2) is 36.2 Å². The summed E-state index contributed by atoms with van der Waals surface area (Å²) in [5.74, 6) is -1.71. The van der Waals surface area contributed by atoms with Crippen molar-refractivity contribution in [2.24, 2.45) is 16.7 Å². The van der Waals surface area contributed by atoms with Gasteiger partial charge in [0.25, 0.3) is 0 Å². The summed E-state index contributed by atoms with van der Waals surface area (Å²) in [7, 11) is 0. The number of esters is 1. The average molecular weight is 433 g/mol. The minimum atomic E-state index is -1.43. The zero-order chi connectivity index (χ0) is 23.8. The minimum Gasteiger partial charge on any atom is -0.460 e. The molecule has 0 aromatic heterocycles. The van der Waals surface area contributed by atoms with Crippen LogP contribution in [0.25, 0.3) is 0 Å². The van der Waals surface area contributed by atoms with E-state index in [0.717, 1.165) is 5.56 Å². The predicted molar refractivity (Wildman–Crippen MR) is 119 cm³/mol. The second kappa shape index (κ2) is 11.1. The Morgan fingerprint density at radius 2 is 1.55 bits per heavy atom. The fourth-order valence-electron chi connectivity index (χ4n) is 2.81. The van der Waals surface area contributed by atoms with E-state index in [1.807, 2.05) is 44.2 Å². The van der Waals surface area contributed by atoms with Crippen LogP contribution in [0.1, 0.15) is 60.5 Å². The number of Topliss-reactive ketones (excluding diaryl/α,β-unsaturated/α-hetero) is 1. The molecule has 0 heterocycles. The largest absolute Gasteiger partial charge is 0.460 e. The highest BCUT2D eigenvalue weighted by atomic mass is 16.5. The van der Waals surface area contributed by atoms with Crippen molar-refractivity contribution in [2.75, 3.05) is 6.54 Å². The van der Waals surface area contributed by atoms with Gasteiger partial charge in [0.05, 0.1) is 12.6 Å². The van der Waals surface area contributed by atoms with Gasteiger partial charge in [0.1, 0.15) is 12.0 Å². The molecular weight excluding hydrogens is 396 g/mol. The Kier molecular flexibility index (Phi) is 9.40. The highest BCUT2D eigenvalue weighted by Crippen LogP contribution is 2.24. The molecule has 1 rings (SSSR count). The second-order valence-electron chi connectivity index (χ2n) is 9.73. The molecule has 0 fully saturated rings. The first-order valence-electron chi connectivity index (χ1n) is 10.6. The second-order valence-corrected chi connectivity index (χ2v) is 9.73. The summed E-state index contributed by atoms with van der Waals surface area (Å²) in [4.78, 5) is 50.2. The van der Waals surface area contributed by atoms with E-state index in [1.165, 1.54) is 13.8 Å². The highest BCUT2D eigenvalue weighted by Gasteiger charge is 2.42. The number of ketones is 1. The van der Waals surface area contributed by atoms with Crippen LogP contribution < -0.4 is 10.6 Å². The predicted octanol–water partition coefficient (Wildman–Crippen LogP) is 3.02. The SMILES string of the molecule is CC(C)CC(NC(=O)CNC(=O)C(C)(C)C)C(=O)C(C)(C)C(=O)OCc1ccccc1. The van der Waals surface area contributed by atoms with E-state index in [2.05, 4.69) is 10.6 Å². The van der Waals surface area contributed by atoms with Gasteiger partial charge in [-0.3, -0.25) is 19.2 Å². The Morgan fingerprint density at radius 1 is 0.968 bits per heavy atom. The van der Waals surface area contributed by atoms with Gasteiger partial charge in [0.15, 0.2) is 5.78 Å². The number of ether oxygens (including phenoxy) is 1. The number of benzene rings is 1. The van der Waals surface area contributed by atoms with Gasteiger partial charge in [-0.15, -0.1) is 0 Å². The lowest BCUT2D eigenvalue weighted by molar-refractivity contribution is -0.160. The first kappa shape index (κ1) is 26.3. The molecule has 0 spiro atoms. The maximum Gasteiger partial charge on any atom is 0.319 e. The summed E-state index contributed by atoms with van der Waals surface area (Å²) in [5.41, 5.74) is -1.24. The molecule has 1 unspecified atom stereocenters. The Balaban J connectivity index is 2.81. The van der Waals surface area contributed by atoms with Crippen molar-refractivity contribution in [3.05, 3.63) is 35.9 Å². The molecule has 0 aliphatic rings. The quantitative estimate of drug-likeness (QED) is 0.437. The molecule has 7 heteroatoms. The number of nitrogens with one attached hydrogen (secondary N) is 2. The third-order valence-corrected chi connectivity index (χ3v) is 4.79. The van der Waals surface area contributed by atoms with Gasteiger partial charge >= 0.3 is 5.97 Å². The van der Waals surface area contributed by atoms with Crippen molar-refractivity contribution in [3.63, 3.8) is 0 Å². The third-order valence-electron chi connectivity index (χ3n) is 4.79. The molecule has 1 aromatic carbocycles. The van der Waals surface area contributed by atoms with Gasteiger partial charge in [-0.1, -0.05) is 65.0 Å². The molecule has 2 N–H and O–H groups in total. The summed E-state index contributed by atoms with van der Waals surface area (Å²) in [5, 5.41) is 5.24. The van der Waals surface area contributed by atoms with Crippen molar-refractivity contribution in [3.8, 4) is 0 Å². The van der Waals surface area contributed by atoms with Crippen LogP contribution in [-0.2, 0) is 30.5 Å². The number of hydrogen-bond donors (Lipinski definition) is 2. The van der Waals surface area contributed by atoms with Gasteiger partial charge < -0.3 is 15.4 Å². The van der Waals surface area contributed by atoms with Crippen molar-refractivity contribution >= 4 is 23.6 Å². The molecule has 0 aliphatic heterocycles. The van der Waals surface area contributed by atoms with Gasteiger partial charge in [0.2, 0.25) is 11.8 Å². The van der Waals surface area contributed by atoms with Crippen molar-refractivity contribution < 1.29 is 23.9 Å². The highest BCUT2D eigenvalue weighted by molar-refractivity contribution is 6.06. The van der Waals surface area contributed by atoms with Gasteiger partial charge in [0, 0.05) is 5.41 Å². The minimum absolute atomic E-state index is 0.0659. The molecule has 0 bridgehead atoms. The van der Waals surface area contributed by atoms with Crippen LogP contribution in [0.3, 0.4) is 0 Å². The molecule has 0 saturated heterocycles. The summed E-state index contributed by atoms with van der Waals surface area (Å²) < 4.78 is 5.36. The molecule has 0 radical (unpaired) electrons. The van der Waals surface area contributed by atoms with Crippen molar-refractivity contribution in [1.82, 2.24) is 10.6 Å². The number of carbonyl (C=O) groups excluding carboxylic acids is 4. The van der Waals surface area contributed by atoms with Crippen molar-refractivity contribution in [1.29, 1.82) is 0 Å². The molecule has 1 aromatic rings. The summed E-state index contributed by atoms with van der Waals surface area (Å²) in [6, 6.07) is 8.34. The van der Waals surface area contributed by atoms with E-state index in [9.17, 15) is 19.2 Å². The molecule has 2 amide bonds. The monoisotopic (exact) mass is 432 g/mol. The number of amides is 2. The smallest absolute Gasteiger partial charge is 0.319 e. The van der Waals surface area contributed by atoms with Gasteiger partial charge in [-0.2, -0.15) is 0 Å². The Labute approximate surface area is 185 Å². The lowest BCUT2D eigenvalue weighted by Crippen LogP contribution is -2.52. The van der Waals surface area contributed by atoms with Crippen molar-refractivity contribution in [2.45, 2.75) is 67.5 Å². The fourth-order valence-corrected chi connectivity index (χ4v) is 2.81. The Hall–Kier alpha value is -2.70. The standard InChI is InChI=1S/C24H36N2O5/c1-16(2)13-18(26-19(27)14-25-21(29)23(3,4)5)20(28)24(6,7)22(30)31-15-17-11-9-8-10-12-17/h8-12,16,18H,13-15H2,1-7H3,(H,25,29)(H,26,27). The number of rotatable bonds is 10. The van der Waals surface area contributed by atoms with Crippen LogP contribution in [0.15, 0.2) is 30.3 Å². The van der Waals surface area contributed by atoms with E-state index < -0.39 is 34.5 Å². The molecule has 0 saturated carbocycles. The Morgan fingerprint density at radius 3 is 2.06 bits per heavy atom. The zero-order valence-electron chi connectivity index (χ0n) is 19.7. The molecule has 7 nitrogen and oxygen atoms in total. The van der Waals surface area contributed by atoms with Crippen LogP contribution in [0, 0.1) is 16.7 Å². The lowest BCUT2D eigenvalue weighted by atomic mass is 9.81. The molecule has 0 aliphatic carbocycles. The normalized spacial score (nSPS) is 12.8. The van der Waals surface area contributed by atoms with Gasteiger partial charge in [-0.05, 0) is 31.7 Å². The molecule has 172 valence electrons. The molecule has 31 heavy (non-hydrogen) atoms. The van der Waals surface area contributed by atoms with Crippen LogP contribution >= 0.6 is 0 Å². The van der Waals surface area contributed by atoms with E-state index in [1.54, 1.807) is 20.8 Å². The maximum atomic E-state index is 13.2. The van der Waals surface area contributed by atoms with Crippen LogP contribution in [0.2, 0.25) is 0 Å². The van der Waals surface area contributed by atoms with E-state index in [0.29, 0.717) is 6.42 Å². The lowest BCUT2D eigenvalue weighted by Gasteiger charge is -2.28. The van der Waals surface area contributed by atoms with E-state index in [4.69, 9.17) is 4.74 Å². The van der Waals surface area contributed by atoms with Gasteiger partial charge in [-0.25, -0.2) is 0 Å².